The highest BCUT2D eigenvalue weighted by atomic mass is 32.1. The lowest BCUT2D eigenvalue weighted by molar-refractivity contribution is -0.427. The Bertz CT molecular complexity index is 698. The van der Waals surface area contributed by atoms with Crippen molar-refractivity contribution in [1.82, 2.24) is 9.38 Å². The zero-order valence-electron chi connectivity index (χ0n) is 12.6. The Morgan fingerprint density at radius 1 is 1.55 bits per heavy atom. The molecule has 2 aromatic heterocycles. The monoisotopic (exact) mass is 321 g/mol. The smallest absolute Gasteiger partial charge is 0.252 e. The Morgan fingerprint density at radius 3 is 2.86 bits per heavy atom. The predicted molar refractivity (Wildman–Crippen MR) is 88.5 cm³/mol. The minimum Gasteiger partial charge on any atom is -0.390 e. The molecule has 2 rings (SSSR count). The van der Waals surface area contributed by atoms with Gasteiger partial charge < -0.3 is 5.11 Å². The van der Waals surface area contributed by atoms with Gasteiger partial charge in [0.2, 0.25) is 0 Å². The summed E-state index contributed by atoms with van der Waals surface area (Å²) in [7, 11) is 0. The molecule has 0 aromatic carbocycles. The molecule has 2 aromatic rings. The summed E-state index contributed by atoms with van der Waals surface area (Å²) in [6.45, 7) is 7.37. The molecule has 0 saturated heterocycles. The lowest BCUT2D eigenvalue weighted by Gasteiger charge is -1.97. The average molecular weight is 321 g/mol. The van der Waals surface area contributed by atoms with E-state index in [-0.39, 0.29) is 18.7 Å². The first-order valence-electron chi connectivity index (χ1n) is 6.83. The molecule has 0 aliphatic rings. The highest BCUT2D eigenvalue weighted by molar-refractivity contribution is 7.15. The van der Waals surface area contributed by atoms with Gasteiger partial charge in [0, 0.05) is 23.3 Å². The normalized spacial score (nSPS) is 11.5. The molecule has 0 saturated carbocycles. The molecule has 0 unspecified atom stereocenters. The number of imidazole rings is 1. The van der Waals surface area contributed by atoms with Crippen LogP contribution < -0.4 is 0 Å². The number of rotatable bonds is 6. The minimum atomic E-state index is -0.402. The summed E-state index contributed by atoms with van der Waals surface area (Å²) in [5.41, 5.74) is 1.41. The number of fused-ring (bicyclic) bond motifs is 1. The number of nitrogens with zero attached hydrogens (tertiary/aromatic N) is 3. The predicted octanol–water partition coefficient (Wildman–Crippen LogP) is 3.36. The number of hydrogen-bond donors (Lipinski definition) is 1. The second-order valence-electron chi connectivity index (χ2n) is 3.98. The van der Waals surface area contributed by atoms with Crippen LogP contribution in [0.2, 0.25) is 0 Å². The largest absolute Gasteiger partial charge is 0.390 e. The van der Waals surface area contributed by atoms with Crippen molar-refractivity contribution in [3.63, 3.8) is 0 Å². The fourth-order valence-corrected chi connectivity index (χ4v) is 2.59. The minimum absolute atomic E-state index is 0.0852. The van der Waals surface area contributed by atoms with Crippen LogP contribution in [-0.4, -0.2) is 19.4 Å². The SMILES string of the molecule is C=C/C=C\C=C(/Cc1csc2nc(CO)cn12)[N+](=O)[O-].CC. The lowest BCUT2D eigenvalue weighted by atomic mass is 10.2. The van der Waals surface area contributed by atoms with Crippen LogP contribution in [0.5, 0.6) is 0 Å². The van der Waals surface area contributed by atoms with Crippen LogP contribution >= 0.6 is 11.3 Å². The number of aliphatic hydroxyl groups is 1. The van der Waals surface area contributed by atoms with E-state index >= 15 is 0 Å². The van der Waals surface area contributed by atoms with Gasteiger partial charge in [0.05, 0.1) is 23.6 Å². The van der Waals surface area contributed by atoms with Crippen LogP contribution in [0, 0.1) is 10.1 Å². The highest BCUT2D eigenvalue weighted by Gasteiger charge is 2.15. The molecule has 1 N–H and O–H groups in total. The highest BCUT2D eigenvalue weighted by Crippen LogP contribution is 2.19. The van der Waals surface area contributed by atoms with Gasteiger partial charge in [-0.2, -0.15) is 0 Å². The summed E-state index contributed by atoms with van der Waals surface area (Å²) in [5, 5.41) is 21.9. The third kappa shape index (κ3) is 4.37. The summed E-state index contributed by atoms with van der Waals surface area (Å²) < 4.78 is 1.77. The lowest BCUT2D eigenvalue weighted by Crippen LogP contribution is -2.03. The van der Waals surface area contributed by atoms with Gasteiger partial charge in [-0.1, -0.05) is 38.7 Å². The van der Waals surface area contributed by atoms with E-state index in [2.05, 4.69) is 11.6 Å². The Kier molecular flexibility index (Phi) is 7.21. The second-order valence-corrected chi connectivity index (χ2v) is 4.82. The van der Waals surface area contributed by atoms with Crippen molar-refractivity contribution in [2.75, 3.05) is 0 Å². The van der Waals surface area contributed by atoms with Gasteiger partial charge in [0.1, 0.15) is 0 Å². The van der Waals surface area contributed by atoms with Gasteiger partial charge >= 0.3 is 0 Å². The molecule has 0 amide bonds. The number of allylic oxidation sites excluding steroid dienone is 5. The molecule has 6 nitrogen and oxygen atoms in total. The van der Waals surface area contributed by atoms with Gasteiger partial charge in [-0.25, -0.2) is 4.98 Å². The van der Waals surface area contributed by atoms with Crippen molar-refractivity contribution in [2.45, 2.75) is 26.9 Å². The number of aromatic nitrogens is 2. The van der Waals surface area contributed by atoms with Crippen LogP contribution in [0.4, 0.5) is 0 Å². The summed E-state index contributed by atoms with van der Waals surface area (Å²) >= 11 is 1.39. The Hall–Kier alpha value is -2.25. The van der Waals surface area contributed by atoms with Gasteiger partial charge in [-0.3, -0.25) is 14.5 Å². The van der Waals surface area contributed by atoms with E-state index in [0.717, 1.165) is 5.69 Å². The third-order valence-electron chi connectivity index (χ3n) is 2.63. The Labute approximate surface area is 132 Å². The van der Waals surface area contributed by atoms with Crippen molar-refractivity contribution >= 4 is 16.3 Å². The maximum atomic E-state index is 11.0. The molecule has 2 heterocycles. The van der Waals surface area contributed by atoms with Crippen LogP contribution in [0.25, 0.3) is 4.96 Å². The average Bonchev–Trinajstić information content (AvgIpc) is 3.09. The first-order chi connectivity index (χ1) is 10.7. The second kappa shape index (κ2) is 8.91. The topological polar surface area (TPSA) is 80.7 Å². The number of nitro groups is 1. The van der Waals surface area contributed by atoms with E-state index in [0.29, 0.717) is 10.7 Å². The molecule has 7 heteroatoms. The number of aliphatic hydroxyl groups excluding tert-OH is 1. The maximum Gasteiger partial charge on any atom is 0.252 e. The summed E-state index contributed by atoms with van der Waals surface area (Å²) in [5.74, 6) is 0. The Balaban J connectivity index is 0.00000116. The molecule has 0 aliphatic carbocycles. The van der Waals surface area contributed by atoms with Gasteiger partial charge in [0.25, 0.3) is 5.70 Å². The molecule has 118 valence electrons. The standard InChI is InChI=1S/C13H13N3O3S.C2H6/c1-2-3-4-5-11(16(18)19)6-12-9-20-13-14-10(8-17)7-15(12)13;1-2/h2-5,7,9,17H,1,6,8H2;1-2H3/b4-3-,11-5+;. The van der Waals surface area contributed by atoms with Crippen molar-refractivity contribution in [1.29, 1.82) is 0 Å². The molecule has 0 aliphatic heterocycles. The first kappa shape index (κ1) is 17.8. The molecular formula is C15H19N3O3S. The van der Waals surface area contributed by atoms with Gasteiger partial charge in [0.15, 0.2) is 4.96 Å². The number of hydrogen-bond acceptors (Lipinski definition) is 5. The molecule has 0 bridgehead atoms. The van der Waals surface area contributed by atoms with E-state index in [1.807, 2.05) is 19.2 Å². The number of thiazole rings is 1. The van der Waals surface area contributed by atoms with Crippen LogP contribution in [0.15, 0.2) is 48.2 Å². The van der Waals surface area contributed by atoms with E-state index in [4.69, 9.17) is 5.11 Å². The van der Waals surface area contributed by atoms with E-state index in [1.54, 1.807) is 28.8 Å². The van der Waals surface area contributed by atoms with Crippen LogP contribution in [-0.2, 0) is 13.0 Å². The van der Waals surface area contributed by atoms with Crippen molar-refractivity contribution < 1.29 is 10.0 Å². The summed E-state index contributed by atoms with van der Waals surface area (Å²) in [4.78, 5) is 15.5. The van der Waals surface area contributed by atoms with E-state index < -0.39 is 4.92 Å². The molecule has 0 atom stereocenters. The molecule has 22 heavy (non-hydrogen) atoms. The van der Waals surface area contributed by atoms with Crippen molar-refractivity contribution in [3.8, 4) is 0 Å². The van der Waals surface area contributed by atoms with E-state index in [1.165, 1.54) is 17.4 Å². The zero-order valence-corrected chi connectivity index (χ0v) is 13.4. The van der Waals surface area contributed by atoms with Gasteiger partial charge in [-0.05, 0) is 0 Å². The molecule has 0 fully saturated rings. The summed E-state index contributed by atoms with van der Waals surface area (Å²) in [6, 6.07) is 0. The first-order valence-corrected chi connectivity index (χ1v) is 7.71. The maximum absolute atomic E-state index is 11.0. The van der Waals surface area contributed by atoms with Crippen LogP contribution in [0.3, 0.4) is 0 Å². The fourth-order valence-electron chi connectivity index (χ4n) is 1.69. The van der Waals surface area contributed by atoms with Crippen molar-refractivity contribution in [3.05, 3.63) is 69.7 Å². The Morgan fingerprint density at radius 2 is 2.27 bits per heavy atom. The molecule has 0 spiro atoms. The fraction of sp³-hybridized carbons (Fsp3) is 0.267. The molecular weight excluding hydrogens is 302 g/mol. The van der Waals surface area contributed by atoms with Crippen LogP contribution in [0.1, 0.15) is 25.2 Å². The zero-order chi connectivity index (χ0) is 16.5. The third-order valence-corrected chi connectivity index (χ3v) is 3.52. The molecule has 0 radical (unpaired) electrons. The van der Waals surface area contributed by atoms with Gasteiger partial charge in [-0.15, -0.1) is 11.3 Å². The quantitative estimate of drug-likeness (QED) is 0.502. The van der Waals surface area contributed by atoms with E-state index in [9.17, 15) is 10.1 Å². The summed E-state index contributed by atoms with van der Waals surface area (Å²) in [6.07, 6.45) is 8.11. The van der Waals surface area contributed by atoms with Crippen molar-refractivity contribution in [2.24, 2.45) is 0 Å².